The van der Waals surface area contributed by atoms with Crippen LogP contribution in [0.15, 0.2) is 59.5 Å². The van der Waals surface area contributed by atoms with Crippen molar-refractivity contribution in [3.05, 3.63) is 69.9 Å². The first kappa shape index (κ1) is 22.4. The van der Waals surface area contributed by atoms with E-state index in [1.54, 1.807) is 18.2 Å². The van der Waals surface area contributed by atoms with Crippen molar-refractivity contribution in [1.29, 1.82) is 0 Å². The molecule has 1 aromatic heterocycles. The van der Waals surface area contributed by atoms with Crippen LogP contribution in [0.25, 0.3) is 6.08 Å². The van der Waals surface area contributed by atoms with Crippen molar-refractivity contribution in [2.75, 3.05) is 30.5 Å². The molecule has 0 unspecified atom stereocenters. The van der Waals surface area contributed by atoms with Gasteiger partial charge in [-0.05, 0) is 37.4 Å². The summed E-state index contributed by atoms with van der Waals surface area (Å²) in [5, 5.41) is 7.61. The number of hydrogen-bond donors (Lipinski definition) is 2. The van der Waals surface area contributed by atoms with Gasteiger partial charge in [-0.2, -0.15) is 0 Å². The second-order valence-electron chi connectivity index (χ2n) is 7.09. The monoisotopic (exact) mass is 464 g/mol. The smallest absolute Gasteiger partial charge is 0.265 e. The van der Waals surface area contributed by atoms with Gasteiger partial charge >= 0.3 is 0 Å². The highest BCUT2D eigenvalue weighted by molar-refractivity contribution is 7.12. The van der Waals surface area contributed by atoms with Crippen LogP contribution < -0.4 is 24.8 Å². The Balaban J connectivity index is 1.62. The van der Waals surface area contributed by atoms with Crippen molar-refractivity contribution in [1.82, 2.24) is 0 Å². The van der Waals surface area contributed by atoms with Crippen LogP contribution in [0.4, 0.5) is 11.4 Å². The molecule has 2 aromatic carbocycles. The predicted octanol–water partition coefficient (Wildman–Crippen LogP) is 5.21. The maximum atomic E-state index is 13.0. The molecule has 0 saturated heterocycles. The summed E-state index contributed by atoms with van der Waals surface area (Å²) in [7, 11) is 0. The average Bonchev–Trinajstić information content (AvgIpc) is 3.37. The van der Waals surface area contributed by atoms with Crippen molar-refractivity contribution in [3.63, 3.8) is 0 Å². The van der Waals surface area contributed by atoms with Crippen molar-refractivity contribution < 1.29 is 23.8 Å². The molecule has 3 aromatic rings. The van der Waals surface area contributed by atoms with Crippen LogP contribution in [0.1, 0.15) is 29.1 Å². The van der Waals surface area contributed by atoms with Crippen molar-refractivity contribution >= 4 is 40.6 Å². The molecule has 170 valence electrons. The lowest BCUT2D eigenvalue weighted by molar-refractivity contribution is -0.113. The van der Waals surface area contributed by atoms with E-state index in [4.69, 9.17) is 14.2 Å². The van der Waals surface area contributed by atoms with E-state index in [-0.39, 0.29) is 18.4 Å². The Hall–Kier alpha value is -3.78. The number of carbonyl (C=O) groups is 2. The Morgan fingerprint density at radius 2 is 1.61 bits per heavy atom. The summed E-state index contributed by atoms with van der Waals surface area (Å²) in [5.74, 6) is 1.05. The second-order valence-corrected chi connectivity index (χ2v) is 8.04. The number of carbonyl (C=O) groups excluding carboxylic acids is 2. The van der Waals surface area contributed by atoms with Gasteiger partial charge in [-0.3, -0.25) is 9.59 Å². The third-order valence-electron chi connectivity index (χ3n) is 4.85. The summed E-state index contributed by atoms with van der Waals surface area (Å²) < 4.78 is 17.2. The zero-order valence-electron chi connectivity index (χ0n) is 18.3. The van der Waals surface area contributed by atoms with E-state index in [1.807, 2.05) is 55.6 Å². The number of fused-ring (bicyclic) bond motifs is 1. The Bertz CT molecular complexity index is 1190. The third kappa shape index (κ3) is 5.18. The highest BCUT2D eigenvalue weighted by Gasteiger charge is 2.21. The summed E-state index contributed by atoms with van der Waals surface area (Å²) in [6, 6.07) is 14.4. The number of nitrogens with one attached hydrogen (secondary N) is 2. The highest BCUT2D eigenvalue weighted by atomic mass is 32.1. The van der Waals surface area contributed by atoms with Crippen molar-refractivity contribution in [3.8, 4) is 17.2 Å². The first-order valence-corrected chi connectivity index (χ1v) is 11.5. The van der Waals surface area contributed by atoms with Gasteiger partial charge in [-0.1, -0.05) is 24.3 Å². The van der Waals surface area contributed by atoms with Crippen LogP contribution in [0.2, 0.25) is 0 Å². The van der Waals surface area contributed by atoms with Gasteiger partial charge in [-0.15, -0.1) is 11.3 Å². The molecule has 33 heavy (non-hydrogen) atoms. The molecule has 2 heterocycles. The molecule has 7 nitrogen and oxygen atoms in total. The Labute approximate surface area is 196 Å². The maximum Gasteiger partial charge on any atom is 0.265 e. The molecular formula is C25H24N2O5S. The van der Waals surface area contributed by atoms with Gasteiger partial charge in [0.1, 0.15) is 23.9 Å². The summed E-state index contributed by atoms with van der Waals surface area (Å²) >= 11 is 1.35. The minimum Gasteiger partial charge on any atom is -0.492 e. The molecule has 0 spiro atoms. The lowest BCUT2D eigenvalue weighted by atomic mass is 10.1. The SMILES string of the molecule is CCOc1cc(NC(=O)c2cccs2)c(OCC)cc1NC(=O)C1=Cc2ccccc2OC1. The number of thiophene rings is 1. The fourth-order valence-electron chi connectivity index (χ4n) is 3.35. The van der Waals surface area contributed by atoms with Gasteiger partial charge in [0.15, 0.2) is 0 Å². The van der Waals surface area contributed by atoms with Crippen LogP contribution in [0.5, 0.6) is 17.2 Å². The lowest BCUT2D eigenvalue weighted by Crippen LogP contribution is -2.22. The first-order valence-electron chi connectivity index (χ1n) is 10.6. The Morgan fingerprint density at radius 1 is 0.939 bits per heavy atom. The van der Waals surface area contributed by atoms with E-state index in [1.165, 1.54) is 11.3 Å². The standard InChI is InChI=1S/C25H24N2O5S/c1-3-30-21-14-19(27-25(29)23-10-7-11-33-23)22(31-4-2)13-18(21)26-24(28)17-12-16-8-5-6-9-20(16)32-15-17/h5-14H,3-4,15H2,1-2H3,(H,26,28)(H,27,29). The molecule has 1 aliphatic rings. The van der Waals surface area contributed by atoms with Gasteiger partial charge in [0.25, 0.3) is 11.8 Å². The summed E-state index contributed by atoms with van der Waals surface area (Å²) in [6.45, 7) is 4.63. The highest BCUT2D eigenvalue weighted by Crippen LogP contribution is 2.38. The Morgan fingerprint density at radius 3 is 2.24 bits per heavy atom. The summed E-state index contributed by atoms with van der Waals surface area (Å²) in [6.07, 6.45) is 1.81. The van der Waals surface area contributed by atoms with Gasteiger partial charge < -0.3 is 24.8 Å². The minimum atomic E-state index is -0.303. The van der Waals surface area contributed by atoms with E-state index >= 15 is 0 Å². The molecule has 2 N–H and O–H groups in total. The van der Waals surface area contributed by atoms with Gasteiger partial charge in [0.05, 0.1) is 35.0 Å². The normalized spacial score (nSPS) is 12.1. The lowest BCUT2D eigenvalue weighted by Gasteiger charge is -2.20. The molecule has 0 saturated carbocycles. The van der Waals surface area contributed by atoms with E-state index in [0.29, 0.717) is 46.5 Å². The van der Waals surface area contributed by atoms with Crippen LogP contribution >= 0.6 is 11.3 Å². The number of ether oxygens (including phenoxy) is 3. The second kappa shape index (κ2) is 10.2. The number of anilines is 2. The molecular weight excluding hydrogens is 440 g/mol. The van der Waals surface area contributed by atoms with E-state index in [2.05, 4.69) is 10.6 Å². The fourth-order valence-corrected chi connectivity index (χ4v) is 3.97. The number of benzene rings is 2. The fraction of sp³-hybridized carbons (Fsp3) is 0.200. The van der Waals surface area contributed by atoms with Crippen molar-refractivity contribution in [2.24, 2.45) is 0 Å². The maximum absolute atomic E-state index is 13.0. The Kier molecular flexibility index (Phi) is 6.95. The third-order valence-corrected chi connectivity index (χ3v) is 5.72. The zero-order chi connectivity index (χ0) is 23.2. The topological polar surface area (TPSA) is 85.9 Å². The molecule has 4 rings (SSSR count). The molecule has 0 atom stereocenters. The molecule has 0 aliphatic carbocycles. The molecule has 1 aliphatic heterocycles. The van der Waals surface area contributed by atoms with E-state index in [9.17, 15) is 9.59 Å². The molecule has 8 heteroatoms. The number of amides is 2. The quantitative estimate of drug-likeness (QED) is 0.478. The molecule has 2 amide bonds. The summed E-state index contributed by atoms with van der Waals surface area (Å²) in [5.41, 5.74) is 2.25. The van der Waals surface area contributed by atoms with E-state index in [0.717, 1.165) is 11.3 Å². The molecule has 0 fully saturated rings. The number of para-hydroxylation sites is 1. The van der Waals surface area contributed by atoms with E-state index < -0.39 is 0 Å². The first-order chi connectivity index (χ1) is 16.1. The van der Waals surface area contributed by atoms with Crippen LogP contribution in [0.3, 0.4) is 0 Å². The van der Waals surface area contributed by atoms with Gasteiger partial charge in [-0.25, -0.2) is 0 Å². The predicted molar refractivity (Wildman–Crippen MR) is 130 cm³/mol. The van der Waals surface area contributed by atoms with Crippen LogP contribution in [0, 0.1) is 0 Å². The summed E-state index contributed by atoms with van der Waals surface area (Å²) in [4.78, 5) is 26.2. The van der Waals surface area contributed by atoms with Crippen LogP contribution in [-0.2, 0) is 4.79 Å². The number of rotatable bonds is 8. The van der Waals surface area contributed by atoms with Gasteiger partial charge in [0.2, 0.25) is 0 Å². The number of hydrogen-bond acceptors (Lipinski definition) is 6. The largest absolute Gasteiger partial charge is 0.492 e. The average molecular weight is 465 g/mol. The van der Waals surface area contributed by atoms with Crippen LogP contribution in [-0.4, -0.2) is 31.6 Å². The van der Waals surface area contributed by atoms with Gasteiger partial charge in [0, 0.05) is 17.7 Å². The molecule has 0 bridgehead atoms. The van der Waals surface area contributed by atoms with Crippen molar-refractivity contribution in [2.45, 2.75) is 13.8 Å². The molecule has 0 radical (unpaired) electrons. The minimum absolute atomic E-state index is 0.167. The zero-order valence-corrected chi connectivity index (χ0v) is 19.2.